The van der Waals surface area contributed by atoms with Crippen LogP contribution in [0.2, 0.25) is 0 Å². The van der Waals surface area contributed by atoms with Gasteiger partial charge < -0.3 is 4.57 Å². The number of rotatable bonds is 7. The van der Waals surface area contributed by atoms with Crippen molar-refractivity contribution < 1.29 is 0 Å². The summed E-state index contributed by atoms with van der Waals surface area (Å²) in [5, 5.41) is 12.3. The van der Waals surface area contributed by atoms with Crippen LogP contribution in [0.1, 0.15) is 33.1 Å². The number of nitrogens with zero attached hydrogens (tertiary/aromatic N) is 3. The van der Waals surface area contributed by atoms with E-state index >= 15 is 0 Å². The number of unbranched alkanes of at least 4 members (excludes halogenated alkanes) is 1. The fraction of sp³-hybridized carbons (Fsp3) is 0.667. The summed E-state index contributed by atoms with van der Waals surface area (Å²) in [5.41, 5.74) is -0.371. The molecule has 0 amide bonds. The summed E-state index contributed by atoms with van der Waals surface area (Å²) in [6, 6.07) is 2.34. The predicted octanol–water partition coefficient (Wildman–Crippen LogP) is 1.95. The zero-order chi connectivity index (χ0) is 11.9. The first-order valence-electron chi connectivity index (χ1n) is 5.82. The summed E-state index contributed by atoms with van der Waals surface area (Å²) in [7, 11) is 0. The Morgan fingerprint density at radius 1 is 1.50 bits per heavy atom. The molecule has 0 bridgehead atoms. The Kier molecular flexibility index (Phi) is 5.00. The van der Waals surface area contributed by atoms with Gasteiger partial charge in [-0.25, -0.2) is 4.98 Å². The van der Waals surface area contributed by atoms with Crippen LogP contribution in [0.25, 0.3) is 0 Å². The lowest BCUT2D eigenvalue weighted by Crippen LogP contribution is -2.40. The van der Waals surface area contributed by atoms with Gasteiger partial charge in [0.25, 0.3) is 0 Å². The van der Waals surface area contributed by atoms with E-state index in [-0.39, 0.29) is 5.54 Å². The smallest absolute Gasteiger partial charge is 0.103 e. The highest BCUT2D eigenvalue weighted by Gasteiger charge is 2.20. The zero-order valence-corrected chi connectivity index (χ0v) is 10.1. The molecule has 0 aromatic carbocycles. The first-order valence-corrected chi connectivity index (χ1v) is 5.82. The van der Waals surface area contributed by atoms with Crippen LogP contribution in [0.5, 0.6) is 0 Å². The first-order chi connectivity index (χ1) is 7.70. The molecular formula is C12H20N4. The Labute approximate surface area is 97.3 Å². The minimum Gasteiger partial charge on any atom is -0.337 e. The molecule has 1 aromatic heterocycles. The molecule has 0 radical (unpaired) electrons. The van der Waals surface area contributed by atoms with Gasteiger partial charge in [-0.3, -0.25) is 5.32 Å². The van der Waals surface area contributed by atoms with Crippen molar-refractivity contribution in [2.75, 3.05) is 6.54 Å². The Balaban J connectivity index is 2.21. The third-order valence-electron chi connectivity index (χ3n) is 2.72. The Morgan fingerprint density at radius 2 is 2.31 bits per heavy atom. The van der Waals surface area contributed by atoms with Crippen molar-refractivity contribution in [2.24, 2.45) is 0 Å². The molecule has 4 heteroatoms. The topological polar surface area (TPSA) is 53.6 Å². The van der Waals surface area contributed by atoms with Crippen LogP contribution in [0.4, 0.5) is 0 Å². The monoisotopic (exact) mass is 220 g/mol. The largest absolute Gasteiger partial charge is 0.337 e. The van der Waals surface area contributed by atoms with Crippen LogP contribution in [0.3, 0.4) is 0 Å². The maximum atomic E-state index is 9.07. The summed E-state index contributed by atoms with van der Waals surface area (Å²) in [5.74, 6) is 0. The molecule has 4 nitrogen and oxygen atoms in total. The van der Waals surface area contributed by atoms with Crippen molar-refractivity contribution in [1.29, 1.82) is 5.26 Å². The van der Waals surface area contributed by atoms with Gasteiger partial charge in [-0.05, 0) is 32.7 Å². The molecule has 0 aliphatic heterocycles. The Bertz CT molecular complexity index is 325. The van der Waals surface area contributed by atoms with Gasteiger partial charge in [0, 0.05) is 18.9 Å². The molecule has 0 saturated heterocycles. The van der Waals surface area contributed by atoms with E-state index in [0.717, 1.165) is 32.4 Å². The van der Waals surface area contributed by atoms with Gasteiger partial charge in [-0.2, -0.15) is 5.26 Å². The lowest BCUT2D eigenvalue weighted by molar-refractivity contribution is 0.404. The first kappa shape index (κ1) is 12.7. The summed E-state index contributed by atoms with van der Waals surface area (Å²) in [4.78, 5) is 3.99. The number of nitrogens with one attached hydrogen (secondary N) is 1. The minimum absolute atomic E-state index is 0.371. The van der Waals surface area contributed by atoms with Gasteiger partial charge in [0.2, 0.25) is 0 Å². The van der Waals surface area contributed by atoms with Gasteiger partial charge in [-0.15, -0.1) is 0 Å². The van der Waals surface area contributed by atoms with Crippen LogP contribution >= 0.6 is 0 Å². The highest BCUT2D eigenvalue weighted by atomic mass is 15.0. The number of imidazole rings is 1. The molecule has 0 fully saturated rings. The number of hydrogen-bond acceptors (Lipinski definition) is 3. The van der Waals surface area contributed by atoms with E-state index in [9.17, 15) is 0 Å². The second kappa shape index (κ2) is 6.29. The molecule has 0 aliphatic carbocycles. The van der Waals surface area contributed by atoms with Crippen molar-refractivity contribution in [1.82, 2.24) is 14.9 Å². The van der Waals surface area contributed by atoms with Crippen LogP contribution in [0, 0.1) is 11.3 Å². The normalized spacial score (nSPS) is 14.3. The summed E-state index contributed by atoms with van der Waals surface area (Å²) in [6.45, 7) is 5.81. The highest BCUT2D eigenvalue weighted by Crippen LogP contribution is 2.13. The molecule has 0 spiro atoms. The maximum absolute atomic E-state index is 9.07. The molecule has 16 heavy (non-hydrogen) atoms. The molecule has 1 atom stereocenters. The van der Waals surface area contributed by atoms with Crippen LogP contribution in [-0.2, 0) is 6.54 Å². The summed E-state index contributed by atoms with van der Waals surface area (Å²) >= 11 is 0. The molecule has 1 aromatic rings. The van der Waals surface area contributed by atoms with Gasteiger partial charge in [0.1, 0.15) is 5.54 Å². The number of hydrogen-bond donors (Lipinski definition) is 1. The molecule has 1 heterocycles. The minimum atomic E-state index is -0.371. The summed E-state index contributed by atoms with van der Waals surface area (Å²) < 4.78 is 2.07. The number of nitriles is 1. The molecule has 0 saturated carbocycles. The fourth-order valence-corrected chi connectivity index (χ4v) is 1.77. The van der Waals surface area contributed by atoms with Crippen molar-refractivity contribution in [3.05, 3.63) is 18.7 Å². The zero-order valence-electron chi connectivity index (χ0n) is 10.1. The molecule has 0 aliphatic rings. The van der Waals surface area contributed by atoms with Crippen molar-refractivity contribution in [2.45, 2.75) is 45.2 Å². The van der Waals surface area contributed by atoms with Gasteiger partial charge in [0.15, 0.2) is 0 Å². The van der Waals surface area contributed by atoms with E-state index < -0.39 is 0 Å². The average molecular weight is 220 g/mol. The fourth-order valence-electron chi connectivity index (χ4n) is 1.77. The molecule has 1 unspecified atom stereocenters. The van der Waals surface area contributed by atoms with E-state index in [1.54, 1.807) is 6.20 Å². The van der Waals surface area contributed by atoms with Crippen LogP contribution < -0.4 is 5.32 Å². The predicted molar refractivity (Wildman–Crippen MR) is 63.8 cm³/mol. The van der Waals surface area contributed by atoms with Crippen molar-refractivity contribution in [3.63, 3.8) is 0 Å². The van der Waals surface area contributed by atoms with Crippen LogP contribution in [0.15, 0.2) is 18.7 Å². The van der Waals surface area contributed by atoms with Crippen LogP contribution in [-0.4, -0.2) is 21.6 Å². The standard InChI is InChI=1S/C12H20N4/c1-3-15-12(2,10-13)6-4-5-8-16-9-7-14-11-16/h7,9,11,15H,3-6,8H2,1-2H3. The van der Waals surface area contributed by atoms with E-state index in [4.69, 9.17) is 5.26 Å². The second-order valence-corrected chi connectivity index (χ2v) is 4.23. The van der Waals surface area contributed by atoms with Gasteiger partial charge >= 0.3 is 0 Å². The average Bonchev–Trinajstić information content (AvgIpc) is 2.78. The van der Waals surface area contributed by atoms with E-state index in [1.807, 2.05) is 26.4 Å². The summed E-state index contributed by atoms with van der Waals surface area (Å²) in [6.07, 6.45) is 8.61. The van der Waals surface area contributed by atoms with E-state index in [0.29, 0.717) is 0 Å². The SMILES string of the molecule is CCNC(C)(C#N)CCCCn1ccnc1. The lowest BCUT2D eigenvalue weighted by Gasteiger charge is -2.22. The number of aromatic nitrogens is 2. The molecule has 1 N–H and O–H groups in total. The van der Waals surface area contributed by atoms with Crippen molar-refractivity contribution >= 4 is 0 Å². The third kappa shape index (κ3) is 4.03. The maximum Gasteiger partial charge on any atom is 0.103 e. The Morgan fingerprint density at radius 3 is 2.88 bits per heavy atom. The van der Waals surface area contributed by atoms with Crippen molar-refractivity contribution in [3.8, 4) is 6.07 Å². The highest BCUT2D eigenvalue weighted by molar-refractivity contribution is 5.03. The molecule has 1 rings (SSSR count). The Hall–Kier alpha value is -1.34. The molecular weight excluding hydrogens is 200 g/mol. The number of aryl methyl sites for hydroxylation is 1. The van der Waals surface area contributed by atoms with Gasteiger partial charge in [0.05, 0.1) is 12.4 Å². The van der Waals surface area contributed by atoms with E-state index in [2.05, 4.69) is 20.9 Å². The lowest BCUT2D eigenvalue weighted by atomic mass is 9.96. The third-order valence-corrected chi connectivity index (χ3v) is 2.72. The van der Waals surface area contributed by atoms with E-state index in [1.165, 1.54) is 0 Å². The molecule has 88 valence electrons. The van der Waals surface area contributed by atoms with Gasteiger partial charge in [-0.1, -0.05) is 6.92 Å². The quantitative estimate of drug-likeness (QED) is 0.714. The second-order valence-electron chi connectivity index (χ2n) is 4.23.